The van der Waals surface area contributed by atoms with Gasteiger partial charge in [-0.15, -0.1) is 0 Å². The van der Waals surface area contributed by atoms with Crippen LogP contribution in [0.2, 0.25) is 0 Å². The number of aryl methyl sites for hydroxylation is 2. The highest BCUT2D eigenvalue weighted by molar-refractivity contribution is 6.04. The normalized spacial score (nSPS) is 10.5. The smallest absolute Gasteiger partial charge is 0.273 e. The van der Waals surface area contributed by atoms with Gasteiger partial charge in [-0.2, -0.15) is 5.10 Å². The number of nitrogens with zero attached hydrogens (tertiary/aromatic N) is 2. The molecule has 2 aromatic carbocycles. The number of anilines is 1. The van der Waals surface area contributed by atoms with E-state index >= 15 is 0 Å². The maximum absolute atomic E-state index is 12.6. The molecule has 1 heterocycles. The zero-order chi connectivity index (χ0) is 17.1. The summed E-state index contributed by atoms with van der Waals surface area (Å²) in [4.78, 5) is 12.6. The Morgan fingerprint density at radius 2 is 1.92 bits per heavy atom. The molecule has 0 radical (unpaired) electrons. The standard InChI is InChI=1S/C19H19N3O2/c1-13-7-4-5-10-16(13)20-19(23)18-12-17(21-22(18)2)14-8-6-9-15(11-14)24-3/h4-12H,1-3H3,(H,20,23). The molecule has 1 aromatic heterocycles. The summed E-state index contributed by atoms with van der Waals surface area (Å²) in [5.74, 6) is 0.567. The Hall–Kier alpha value is -3.08. The van der Waals surface area contributed by atoms with Crippen LogP contribution < -0.4 is 10.1 Å². The molecule has 0 spiro atoms. The molecule has 1 amide bonds. The lowest BCUT2D eigenvalue weighted by molar-refractivity contribution is 0.101. The highest BCUT2D eigenvalue weighted by atomic mass is 16.5. The van der Waals surface area contributed by atoms with Gasteiger partial charge in [0.25, 0.3) is 5.91 Å². The van der Waals surface area contributed by atoms with Crippen molar-refractivity contribution in [1.82, 2.24) is 9.78 Å². The molecule has 122 valence electrons. The largest absolute Gasteiger partial charge is 0.497 e. The van der Waals surface area contributed by atoms with E-state index in [1.807, 2.05) is 55.5 Å². The van der Waals surface area contributed by atoms with Crippen LogP contribution in [0, 0.1) is 6.92 Å². The quantitative estimate of drug-likeness (QED) is 0.798. The van der Waals surface area contributed by atoms with Crippen LogP contribution in [0.15, 0.2) is 54.6 Å². The fourth-order valence-corrected chi connectivity index (χ4v) is 2.50. The molecule has 0 saturated heterocycles. The molecule has 0 atom stereocenters. The van der Waals surface area contributed by atoms with Crippen molar-refractivity contribution in [1.29, 1.82) is 0 Å². The van der Waals surface area contributed by atoms with Gasteiger partial charge in [-0.1, -0.05) is 30.3 Å². The van der Waals surface area contributed by atoms with Crippen LogP contribution in [-0.2, 0) is 7.05 Å². The average Bonchev–Trinajstić information content (AvgIpc) is 2.99. The predicted molar refractivity (Wildman–Crippen MR) is 94.3 cm³/mol. The molecule has 3 rings (SSSR count). The topological polar surface area (TPSA) is 56.1 Å². The van der Waals surface area contributed by atoms with Crippen LogP contribution in [-0.4, -0.2) is 22.8 Å². The highest BCUT2D eigenvalue weighted by Crippen LogP contribution is 2.24. The zero-order valence-corrected chi connectivity index (χ0v) is 13.9. The second-order valence-electron chi connectivity index (χ2n) is 5.54. The lowest BCUT2D eigenvalue weighted by Crippen LogP contribution is -2.16. The van der Waals surface area contributed by atoms with E-state index in [0.29, 0.717) is 5.69 Å². The maximum atomic E-state index is 12.6. The van der Waals surface area contributed by atoms with Crippen LogP contribution in [0.4, 0.5) is 5.69 Å². The summed E-state index contributed by atoms with van der Waals surface area (Å²) in [5.41, 5.74) is 3.94. The SMILES string of the molecule is COc1cccc(-c2cc(C(=O)Nc3ccccc3C)n(C)n2)c1. The van der Waals surface area contributed by atoms with Crippen LogP contribution in [0.25, 0.3) is 11.3 Å². The first-order valence-electron chi connectivity index (χ1n) is 7.64. The lowest BCUT2D eigenvalue weighted by atomic mass is 10.1. The second-order valence-corrected chi connectivity index (χ2v) is 5.54. The van der Waals surface area contributed by atoms with E-state index in [2.05, 4.69) is 10.4 Å². The predicted octanol–water partition coefficient (Wildman–Crippen LogP) is 3.66. The van der Waals surface area contributed by atoms with Crippen molar-refractivity contribution >= 4 is 11.6 Å². The van der Waals surface area contributed by atoms with Crippen molar-refractivity contribution in [2.75, 3.05) is 12.4 Å². The molecule has 0 aliphatic carbocycles. The van der Waals surface area contributed by atoms with Gasteiger partial charge >= 0.3 is 0 Å². The third-order valence-electron chi connectivity index (χ3n) is 3.87. The number of hydrogen-bond donors (Lipinski definition) is 1. The van der Waals surface area contributed by atoms with E-state index in [0.717, 1.165) is 28.3 Å². The number of ether oxygens (including phenoxy) is 1. The van der Waals surface area contributed by atoms with Gasteiger partial charge in [0.1, 0.15) is 11.4 Å². The minimum absolute atomic E-state index is 0.187. The summed E-state index contributed by atoms with van der Waals surface area (Å²) in [6, 6.07) is 17.1. The number of aromatic nitrogens is 2. The van der Waals surface area contributed by atoms with Gasteiger partial charge in [0.2, 0.25) is 0 Å². The van der Waals surface area contributed by atoms with Crippen molar-refractivity contribution < 1.29 is 9.53 Å². The van der Waals surface area contributed by atoms with E-state index in [4.69, 9.17) is 4.74 Å². The average molecular weight is 321 g/mol. The third kappa shape index (κ3) is 3.15. The maximum Gasteiger partial charge on any atom is 0.273 e. The molecular weight excluding hydrogens is 302 g/mol. The Morgan fingerprint density at radius 3 is 2.67 bits per heavy atom. The van der Waals surface area contributed by atoms with Crippen LogP contribution in [0.1, 0.15) is 16.1 Å². The molecule has 0 aliphatic heterocycles. The first kappa shape index (κ1) is 15.8. The van der Waals surface area contributed by atoms with Crippen molar-refractivity contribution in [2.24, 2.45) is 7.05 Å². The Morgan fingerprint density at radius 1 is 1.12 bits per heavy atom. The number of amides is 1. The van der Waals surface area contributed by atoms with Crippen LogP contribution >= 0.6 is 0 Å². The number of carbonyl (C=O) groups excluding carboxylic acids is 1. The van der Waals surface area contributed by atoms with Crippen molar-refractivity contribution in [2.45, 2.75) is 6.92 Å². The molecule has 5 heteroatoms. The lowest BCUT2D eigenvalue weighted by Gasteiger charge is -2.07. The number of methoxy groups -OCH3 is 1. The molecule has 24 heavy (non-hydrogen) atoms. The second kappa shape index (κ2) is 6.58. The van der Waals surface area contributed by atoms with Gasteiger partial charge in [0.05, 0.1) is 12.8 Å². The minimum atomic E-state index is -0.187. The Balaban J connectivity index is 1.88. The van der Waals surface area contributed by atoms with Crippen molar-refractivity contribution in [3.05, 3.63) is 65.9 Å². The molecule has 0 aliphatic rings. The highest BCUT2D eigenvalue weighted by Gasteiger charge is 2.15. The molecule has 0 unspecified atom stereocenters. The Labute approximate surface area is 140 Å². The fraction of sp³-hybridized carbons (Fsp3) is 0.158. The van der Waals surface area contributed by atoms with E-state index in [1.165, 1.54) is 0 Å². The number of para-hydroxylation sites is 1. The van der Waals surface area contributed by atoms with Crippen molar-refractivity contribution in [3.63, 3.8) is 0 Å². The van der Waals surface area contributed by atoms with Crippen molar-refractivity contribution in [3.8, 4) is 17.0 Å². The molecule has 1 N–H and O–H groups in total. The Kier molecular flexibility index (Phi) is 4.33. The summed E-state index contributed by atoms with van der Waals surface area (Å²) in [5, 5.41) is 7.37. The van der Waals surface area contributed by atoms with E-state index in [9.17, 15) is 4.79 Å². The van der Waals surface area contributed by atoms with E-state index in [1.54, 1.807) is 24.9 Å². The molecule has 5 nitrogen and oxygen atoms in total. The third-order valence-corrected chi connectivity index (χ3v) is 3.87. The number of benzene rings is 2. The summed E-state index contributed by atoms with van der Waals surface area (Å²) in [6.45, 7) is 1.96. The molecule has 3 aromatic rings. The summed E-state index contributed by atoms with van der Waals surface area (Å²) < 4.78 is 6.82. The first-order chi connectivity index (χ1) is 11.6. The van der Waals surface area contributed by atoms with Gasteiger partial charge in [-0.25, -0.2) is 0 Å². The fourth-order valence-electron chi connectivity index (χ4n) is 2.50. The Bertz CT molecular complexity index is 884. The molecule has 0 fully saturated rings. The minimum Gasteiger partial charge on any atom is -0.497 e. The first-order valence-corrected chi connectivity index (χ1v) is 7.64. The van der Waals surface area contributed by atoms with E-state index in [-0.39, 0.29) is 5.91 Å². The zero-order valence-electron chi connectivity index (χ0n) is 13.9. The van der Waals surface area contributed by atoms with E-state index < -0.39 is 0 Å². The van der Waals surface area contributed by atoms with Crippen LogP contribution in [0.3, 0.4) is 0 Å². The van der Waals surface area contributed by atoms with Gasteiger partial charge in [0, 0.05) is 18.3 Å². The van der Waals surface area contributed by atoms with Gasteiger partial charge in [0.15, 0.2) is 0 Å². The summed E-state index contributed by atoms with van der Waals surface area (Å²) in [7, 11) is 3.38. The van der Waals surface area contributed by atoms with Gasteiger partial charge in [-0.05, 0) is 36.8 Å². The number of carbonyl (C=O) groups is 1. The summed E-state index contributed by atoms with van der Waals surface area (Å²) >= 11 is 0. The number of rotatable bonds is 4. The van der Waals surface area contributed by atoms with Gasteiger partial charge < -0.3 is 10.1 Å². The number of nitrogens with one attached hydrogen (secondary N) is 1. The monoisotopic (exact) mass is 321 g/mol. The molecular formula is C19H19N3O2. The summed E-state index contributed by atoms with van der Waals surface area (Å²) in [6.07, 6.45) is 0. The van der Waals surface area contributed by atoms with Crippen LogP contribution in [0.5, 0.6) is 5.75 Å². The molecule has 0 bridgehead atoms. The molecule has 0 saturated carbocycles. The number of hydrogen-bond acceptors (Lipinski definition) is 3. The van der Waals surface area contributed by atoms with Gasteiger partial charge in [-0.3, -0.25) is 9.48 Å².